The topological polar surface area (TPSA) is 55.1 Å². The van der Waals surface area contributed by atoms with Crippen molar-refractivity contribution in [2.24, 2.45) is 0 Å². The number of hydrogen-bond acceptors (Lipinski definition) is 5. The first-order valence-electron chi connectivity index (χ1n) is 8.57. The van der Waals surface area contributed by atoms with E-state index in [0.717, 1.165) is 17.3 Å². The van der Waals surface area contributed by atoms with Crippen molar-refractivity contribution in [1.82, 2.24) is 19.6 Å². The average Bonchev–Trinajstić information content (AvgIpc) is 2.97. The number of fused-ring (bicyclic) bond motifs is 2. The van der Waals surface area contributed by atoms with Crippen LogP contribution in [0, 0.1) is 6.92 Å². The Balaban J connectivity index is 1.91. The van der Waals surface area contributed by atoms with Gasteiger partial charge < -0.3 is 5.32 Å². The second kappa shape index (κ2) is 5.73. The highest BCUT2D eigenvalue weighted by Gasteiger charge is 2.30. The molecular formula is C19H23N5S. The molecule has 4 rings (SSSR count). The third-order valence-electron chi connectivity index (χ3n) is 4.90. The number of thioether (sulfide) groups is 1. The van der Waals surface area contributed by atoms with Crippen LogP contribution in [0.5, 0.6) is 0 Å². The minimum absolute atomic E-state index is 0.103. The Labute approximate surface area is 152 Å². The van der Waals surface area contributed by atoms with Crippen LogP contribution in [0.1, 0.15) is 44.2 Å². The third-order valence-corrected chi connectivity index (χ3v) is 5.43. The largest absolute Gasteiger partial charge is 0.380 e. The van der Waals surface area contributed by atoms with E-state index in [0.29, 0.717) is 11.7 Å². The number of rotatable bonds is 2. The van der Waals surface area contributed by atoms with Crippen LogP contribution in [0.25, 0.3) is 17.0 Å². The molecule has 0 fully saturated rings. The van der Waals surface area contributed by atoms with Crippen molar-refractivity contribution in [2.75, 3.05) is 11.6 Å². The number of nitrogens with one attached hydrogen (secondary N) is 1. The van der Waals surface area contributed by atoms with Crippen LogP contribution >= 0.6 is 11.8 Å². The van der Waals surface area contributed by atoms with Gasteiger partial charge in [0.15, 0.2) is 0 Å². The Kier molecular flexibility index (Phi) is 3.76. The van der Waals surface area contributed by atoms with Crippen molar-refractivity contribution in [1.29, 1.82) is 0 Å². The van der Waals surface area contributed by atoms with E-state index in [2.05, 4.69) is 60.2 Å². The van der Waals surface area contributed by atoms with Gasteiger partial charge in [0.05, 0.1) is 5.69 Å². The molecule has 130 valence electrons. The molecule has 1 aliphatic rings. The molecule has 3 aromatic rings. The summed E-state index contributed by atoms with van der Waals surface area (Å²) in [6.45, 7) is 9.01. The van der Waals surface area contributed by atoms with E-state index in [1.165, 1.54) is 34.1 Å². The van der Waals surface area contributed by atoms with Gasteiger partial charge in [-0.15, -0.1) is 5.10 Å². The highest BCUT2D eigenvalue weighted by Crippen LogP contribution is 2.41. The molecule has 0 radical (unpaired) electrons. The summed E-state index contributed by atoms with van der Waals surface area (Å²) in [6, 6.07) is 6.59. The molecule has 0 saturated carbocycles. The molecule has 0 amide bonds. The van der Waals surface area contributed by atoms with E-state index in [1.807, 2.05) is 23.0 Å². The van der Waals surface area contributed by atoms with E-state index in [9.17, 15) is 0 Å². The molecule has 0 unspecified atom stereocenters. The minimum atomic E-state index is 0.103. The molecule has 6 heteroatoms. The normalized spacial score (nSPS) is 18.8. The zero-order valence-corrected chi connectivity index (χ0v) is 16.1. The highest BCUT2D eigenvalue weighted by atomic mass is 32.2. The number of anilines is 1. The number of nitrogens with zero attached hydrogens (tertiary/aromatic N) is 4. The third kappa shape index (κ3) is 2.78. The van der Waals surface area contributed by atoms with Crippen LogP contribution < -0.4 is 5.32 Å². The standard InChI is InChI=1S/C19H23N5S/c1-11-8-13-12(2)10-19(3,4)22-15(13)9-14(11)16-6-7-20-17-21-18(25-5)23-24(16)17/h6-9,12,22H,10H2,1-5H3/t12-/m0/s1. The lowest BCUT2D eigenvalue weighted by atomic mass is 9.80. The maximum Gasteiger partial charge on any atom is 0.253 e. The summed E-state index contributed by atoms with van der Waals surface area (Å²) in [5.74, 6) is 1.19. The number of aromatic nitrogens is 4. The minimum Gasteiger partial charge on any atom is -0.380 e. The first-order chi connectivity index (χ1) is 11.9. The molecule has 25 heavy (non-hydrogen) atoms. The lowest BCUT2D eigenvalue weighted by Gasteiger charge is -2.38. The molecule has 1 N–H and O–H groups in total. The SMILES string of the molecule is CSc1nc2nccc(-c3cc4c(cc3C)[C@@H](C)CC(C)(C)N4)n2n1. The second-order valence-corrected chi connectivity index (χ2v) is 8.28. The summed E-state index contributed by atoms with van der Waals surface area (Å²) in [7, 11) is 0. The quantitative estimate of drug-likeness (QED) is 0.687. The first-order valence-corrected chi connectivity index (χ1v) is 9.79. The summed E-state index contributed by atoms with van der Waals surface area (Å²) in [6.07, 6.45) is 4.92. The Morgan fingerprint density at radius 2 is 2.12 bits per heavy atom. The first kappa shape index (κ1) is 16.4. The van der Waals surface area contributed by atoms with E-state index in [4.69, 9.17) is 0 Å². The van der Waals surface area contributed by atoms with Crippen molar-refractivity contribution in [3.63, 3.8) is 0 Å². The fourth-order valence-corrected chi connectivity index (χ4v) is 4.22. The molecule has 1 aliphatic heterocycles. The Bertz CT molecular complexity index is 960. The maximum absolute atomic E-state index is 4.59. The van der Waals surface area contributed by atoms with Crippen molar-refractivity contribution in [3.8, 4) is 11.3 Å². The van der Waals surface area contributed by atoms with Crippen LogP contribution in [-0.4, -0.2) is 31.4 Å². The number of aryl methyl sites for hydroxylation is 1. The molecule has 1 aromatic carbocycles. The second-order valence-electron chi connectivity index (χ2n) is 7.51. The molecule has 0 aliphatic carbocycles. The number of benzene rings is 1. The van der Waals surface area contributed by atoms with Gasteiger partial charge in [0.25, 0.3) is 5.78 Å². The summed E-state index contributed by atoms with van der Waals surface area (Å²) in [5.41, 5.74) is 6.16. The van der Waals surface area contributed by atoms with Crippen LogP contribution in [0.2, 0.25) is 0 Å². The lowest BCUT2D eigenvalue weighted by Crippen LogP contribution is -2.36. The zero-order valence-electron chi connectivity index (χ0n) is 15.3. The van der Waals surface area contributed by atoms with Crippen LogP contribution in [0.4, 0.5) is 5.69 Å². The summed E-state index contributed by atoms with van der Waals surface area (Å²) in [4.78, 5) is 8.81. The highest BCUT2D eigenvalue weighted by molar-refractivity contribution is 7.98. The fourth-order valence-electron chi connectivity index (χ4n) is 3.88. The van der Waals surface area contributed by atoms with Gasteiger partial charge in [0.2, 0.25) is 5.16 Å². The Hall–Kier alpha value is -2.08. The summed E-state index contributed by atoms with van der Waals surface area (Å²) < 4.78 is 1.85. The predicted molar refractivity (Wildman–Crippen MR) is 103 cm³/mol. The molecule has 3 heterocycles. The molecule has 2 aromatic heterocycles. The lowest BCUT2D eigenvalue weighted by molar-refractivity contribution is 0.454. The number of hydrogen-bond donors (Lipinski definition) is 1. The van der Waals surface area contributed by atoms with E-state index in [-0.39, 0.29) is 5.54 Å². The van der Waals surface area contributed by atoms with E-state index in [1.54, 1.807) is 0 Å². The van der Waals surface area contributed by atoms with Crippen LogP contribution in [0.3, 0.4) is 0 Å². The van der Waals surface area contributed by atoms with Gasteiger partial charge in [-0.2, -0.15) is 9.50 Å². The molecule has 0 spiro atoms. The van der Waals surface area contributed by atoms with Gasteiger partial charge in [-0.1, -0.05) is 24.8 Å². The fraction of sp³-hybridized carbons (Fsp3) is 0.421. The van der Waals surface area contributed by atoms with E-state index < -0.39 is 0 Å². The summed E-state index contributed by atoms with van der Waals surface area (Å²) in [5, 5.41) is 9.03. The monoisotopic (exact) mass is 353 g/mol. The predicted octanol–water partition coefficient (Wildman–Crippen LogP) is 4.52. The smallest absolute Gasteiger partial charge is 0.253 e. The van der Waals surface area contributed by atoms with Gasteiger partial charge >= 0.3 is 0 Å². The zero-order chi connectivity index (χ0) is 17.8. The van der Waals surface area contributed by atoms with Crippen molar-refractivity contribution < 1.29 is 0 Å². The molecule has 0 bridgehead atoms. The summed E-state index contributed by atoms with van der Waals surface area (Å²) >= 11 is 1.53. The van der Waals surface area contributed by atoms with Crippen molar-refractivity contribution in [3.05, 3.63) is 35.5 Å². The van der Waals surface area contributed by atoms with Gasteiger partial charge in [-0.25, -0.2) is 4.98 Å². The van der Waals surface area contributed by atoms with Crippen molar-refractivity contribution in [2.45, 2.75) is 50.7 Å². The van der Waals surface area contributed by atoms with Gasteiger partial charge in [0.1, 0.15) is 0 Å². The molecule has 1 atom stereocenters. The molecular weight excluding hydrogens is 330 g/mol. The van der Waals surface area contributed by atoms with Gasteiger partial charge in [0, 0.05) is 23.0 Å². The van der Waals surface area contributed by atoms with Crippen LogP contribution in [-0.2, 0) is 0 Å². The van der Waals surface area contributed by atoms with Crippen LogP contribution in [0.15, 0.2) is 29.6 Å². The molecule has 0 saturated heterocycles. The average molecular weight is 353 g/mol. The molecule has 5 nitrogen and oxygen atoms in total. The Morgan fingerprint density at radius 1 is 1.32 bits per heavy atom. The van der Waals surface area contributed by atoms with Crippen molar-refractivity contribution >= 4 is 23.2 Å². The Morgan fingerprint density at radius 3 is 2.88 bits per heavy atom. The maximum atomic E-state index is 4.59. The van der Waals surface area contributed by atoms with Gasteiger partial charge in [-0.3, -0.25) is 0 Å². The van der Waals surface area contributed by atoms with Gasteiger partial charge in [-0.05, 0) is 62.6 Å². The van der Waals surface area contributed by atoms with E-state index >= 15 is 0 Å².